The summed E-state index contributed by atoms with van der Waals surface area (Å²) in [5.41, 5.74) is 4.42. The largest absolute Gasteiger partial charge is 0.368 e. The zero-order chi connectivity index (χ0) is 16.4. The molecule has 0 saturated carbocycles. The number of hydrogen-bond donors (Lipinski definition) is 3. The van der Waals surface area contributed by atoms with E-state index in [-0.39, 0.29) is 0 Å². The fraction of sp³-hybridized carbons (Fsp3) is 0.176. The van der Waals surface area contributed by atoms with Gasteiger partial charge in [-0.3, -0.25) is 4.42 Å². The molecule has 0 aliphatic carbocycles. The maximum Gasteiger partial charge on any atom is 0.158 e. The second-order valence-electron chi connectivity index (χ2n) is 5.54. The average molecular weight is 341 g/mol. The Balaban J connectivity index is 1.47. The Kier molecular flexibility index (Phi) is 3.96. The van der Waals surface area contributed by atoms with Gasteiger partial charge in [-0.1, -0.05) is 30.3 Å². The molecule has 3 N–H and O–H groups in total. The molecule has 1 aliphatic heterocycles. The van der Waals surface area contributed by atoms with Crippen LogP contribution in [0.1, 0.15) is 5.56 Å². The smallest absolute Gasteiger partial charge is 0.158 e. The number of hydrogen-bond acceptors (Lipinski definition) is 5. The van der Waals surface area contributed by atoms with Crippen LogP contribution in [0.2, 0.25) is 0 Å². The Labute approximate surface area is 145 Å². The number of aromatic amines is 1. The zero-order valence-electron chi connectivity index (χ0n) is 13.0. The molecule has 0 bridgehead atoms. The van der Waals surface area contributed by atoms with Gasteiger partial charge >= 0.3 is 0 Å². The first-order chi connectivity index (χ1) is 11.8. The topological polar surface area (TPSA) is 68.9 Å². The molecule has 3 aromatic rings. The third-order valence-corrected chi connectivity index (χ3v) is 4.32. The van der Waals surface area contributed by atoms with E-state index in [1.54, 1.807) is 4.42 Å². The van der Waals surface area contributed by atoms with Crippen LogP contribution in [0.25, 0.3) is 11.3 Å². The molecule has 6 nitrogen and oxygen atoms in total. The third kappa shape index (κ3) is 2.76. The number of rotatable bonds is 5. The standard InChI is InChI=1S/C17H17ClN6/c18-24-11-23-17-15(24)16(21-10-22-17)20-9-7-13-6-8-19-14(13)12-4-2-1-3-5-12/h1-6,8,10,19H,7,9,11H2,(H2,20,21,22,23). The number of nitrogens with zero attached hydrogens (tertiary/aromatic N) is 3. The van der Waals surface area contributed by atoms with E-state index in [0.717, 1.165) is 36.0 Å². The molecule has 7 heteroatoms. The Morgan fingerprint density at radius 3 is 2.92 bits per heavy atom. The predicted molar refractivity (Wildman–Crippen MR) is 97.3 cm³/mol. The number of anilines is 3. The van der Waals surface area contributed by atoms with Crippen molar-refractivity contribution in [1.29, 1.82) is 0 Å². The molecule has 0 atom stereocenters. The first-order valence-electron chi connectivity index (χ1n) is 7.80. The van der Waals surface area contributed by atoms with Crippen molar-refractivity contribution >= 4 is 29.1 Å². The van der Waals surface area contributed by atoms with Crippen LogP contribution in [0.3, 0.4) is 0 Å². The summed E-state index contributed by atoms with van der Waals surface area (Å²) in [5, 5.41) is 6.48. The van der Waals surface area contributed by atoms with Crippen molar-refractivity contribution in [1.82, 2.24) is 15.0 Å². The Bertz CT molecular complexity index is 832. The summed E-state index contributed by atoms with van der Waals surface area (Å²) >= 11 is 6.18. The first-order valence-corrected chi connectivity index (χ1v) is 8.14. The van der Waals surface area contributed by atoms with Crippen LogP contribution in [0.15, 0.2) is 48.9 Å². The van der Waals surface area contributed by atoms with E-state index in [1.165, 1.54) is 17.5 Å². The lowest BCUT2D eigenvalue weighted by molar-refractivity contribution is 1.00. The number of benzene rings is 1. The minimum atomic E-state index is 0.528. The van der Waals surface area contributed by atoms with Gasteiger partial charge in [0.25, 0.3) is 0 Å². The van der Waals surface area contributed by atoms with Crippen molar-refractivity contribution < 1.29 is 0 Å². The summed E-state index contributed by atoms with van der Waals surface area (Å²) in [6.07, 6.45) is 4.39. The summed E-state index contributed by atoms with van der Waals surface area (Å²) in [5.74, 6) is 1.51. The van der Waals surface area contributed by atoms with E-state index in [2.05, 4.69) is 43.8 Å². The maximum atomic E-state index is 6.18. The fourth-order valence-electron chi connectivity index (χ4n) is 2.89. The molecular weight excluding hydrogens is 324 g/mol. The van der Waals surface area contributed by atoms with Gasteiger partial charge in [0.05, 0.1) is 0 Å². The van der Waals surface area contributed by atoms with Crippen molar-refractivity contribution in [2.45, 2.75) is 6.42 Å². The van der Waals surface area contributed by atoms with Crippen LogP contribution in [0.4, 0.5) is 17.3 Å². The number of H-pyrrole nitrogens is 1. The van der Waals surface area contributed by atoms with Crippen molar-refractivity contribution in [3.8, 4) is 11.3 Å². The minimum absolute atomic E-state index is 0.528. The van der Waals surface area contributed by atoms with Crippen molar-refractivity contribution in [3.63, 3.8) is 0 Å². The van der Waals surface area contributed by atoms with Crippen LogP contribution in [-0.2, 0) is 6.42 Å². The van der Waals surface area contributed by atoms with E-state index in [4.69, 9.17) is 11.8 Å². The predicted octanol–water partition coefficient (Wildman–Crippen LogP) is 3.47. The van der Waals surface area contributed by atoms with E-state index in [1.807, 2.05) is 24.4 Å². The molecule has 0 saturated heterocycles. The molecule has 2 aromatic heterocycles. The van der Waals surface area contributed by atoms with Crippen molar-refractivity contribution in [2.75, 3.05) is 28.3 Å². The molecule has 0 unspecified atom stereocenters. The second-order valence-corrected chi connectivity index (χ2v) is 5.95. The second kappa shape index (κ2) is 6.41. The minimum Gasteiger partial charge on any atom is -0.368 e. The lowest BCUT2D eigenvalue weighted by atomic mass is 10.1. The summed E-state index contributed by atoms with van der Waals surface area (Å²) in [6.45, 7) is 1.28. The summed E-state index contributed by atoms with van der Waals surface area (Å²) < 4.78 is 1.59. The lowest BCUT2D eigenvalue weighted by Crippen LogP contribution is -2.12. The fourth-order valence-corrected chi connectivity index (χ4v) is 3.11. The van der Waals surface area contributed by atoms with E-state index in [0.29, 0.717) is 6.67 Å². The molecule has 1 aliphatic rings. The summed E-state index contributed by atoms with van der Waals surface area (Å²) in [7, 11) is 0. The number of halogens is 1. The normalized spacial score (nSPS) is 12.8. The Hall–Kier alpha value is -2.73. The Morgan fingerprint density at radius 2 is 2.04 bits per heavy atom. The summed E-state index contributed by atoms with van der Waals surface area (Å²) in [4.78, 5) is 11.8. The number of nitrogens with one attached hydrogen (secondary N) is 3. The van der Waals surface area contributed by atoms with Crippen molar-refractivity contribution in [3.05, 3.63) is 54.5 Å². The van der Waals surface area contributed by atoms with Gasteiger partial charge in [-0.05, 0) is 23.6 Å². The summed E-state index contributed by atoms with van der Waals surface area (Å²) in [6, 6.07) is 12.4. The number of fused-ring (bicyclic) bond motifs is 1. The quantitative estimate of drug-likeness (QED) is 0.620. The molecule has 0 fully saturated rings. The SMILES string of the molecule is ClN1CNc2ncnc(NCCc3cc[nH]c3-c3ccccc3)c21. The van der Waals surface area contributed by atoms with Gasteiger partial charge in [0.2, 0.25) is 0 Å². The first kappa shape index (κ1) is 14.8. The van der Waals surface area contributed by atoms with Crippen molar-refractivity contribution in [2.24, 2.45) is 0 Å². The van der Waals surface area contributed by atoms with Gasteiger partial charge in [0.1, 0.15) is 18.7 Å². The van der Waals surface area contributed by atoms with Gasteiger partial charge in [-0.25, -0.2) is 9.97 Å². The third-order valence-electron chi connectivity index (χ3n) is 4.03. The van der Waals surface area contributed by atoms with E-state index >= 15 is 0 Å². The zero-order valence-corrected chi connectivity index (χ0v) is 13.7. The molecule has 122 valence electrons. The highest BCUT2D eigenvalue weighted by molar-refractivity contribution is 6.28. The van der Waals surface area contributed by atoms with Crippen LogP contribution < -0.4 is 15.1 Å². The molecule has 3 heterocycles. The maximum absolute atomic E-state index is 6.18. The molecule has 1 aromatic carbocycles. The number of aromatic nitrogens is 3. The van der Waals surface area contributed by atoms with E-state index in [9.17, 15) is 0 Å². The van der Waals surface area contributed by atoms with Crippen LogP contribution >= 0.6 is 11.8 Å². The average Bonchev–Trinajstić information content (AvgIpc) is 3.23. The van der Waals surface area contributed by atoms with Gasteiger partial charge in [0, 0.05) is 30.2 Å². The van der Waals surface area contributed by atoms with Crippen LogP contribution in [0, 0.1) is 0 Å². The molecule has 24 heavy (non-hydrogen) atoms. The molecular formula is C17H17ClN6. The van der Waals surface area contributed by atoms with Crippen LogP contribution in [-0.4, -0.2) is 28.2 Å². The van der Waals surface area contributed by atoms with Gasteiger partial charge in [-0.15, -0.1) is 0 Å². The molecule has 0 amide bonds. The van der Waals surface area contributed by atoms with Gasteiger partial charge < -0.3 is 15.6 Å². The molecule has 0 radical (unpaired) electrons. The lowest BCUT2D eigenvalue weighted by Gasteiger charge is -2.12. The molecule has 4 rings (SSSR count). The highest BCUT2D eigenvalue weighted by atomic mass is 35.5. The highest BCUT2D eigenvalue weighted by Gasteiger charge is 2.22. The van der Waals surface area contributed by atoms with Gasteiger partial charge in [-0.2, -0.15) is 0 Å². The highest BCUT2D eigenvalue weighted by Crippen LogP contribution is 2.36. The van der Waals surface area contributed by atoms with Crippen LogP contribution in [0.5, 0.6) is 0 Å². The van der Waals surface area contributed by atoms with E-state index < -0.39 is 0 Å². The van der Waals surface area contributed by atoms with Gasteiger partial charge in [0.15, 0.2) is 11.6 Å². The Morgan fingerprint density at radius 1 is 1.17 bits per heavy atom. The monoisotopic (exact) mass is 340 g/mol. The molecule has 0 spiro atoms.